The number of halogens is 1. The van der Waals surface area contributed by atoms with Crippen LogP contribution in [0.1, 0.15) is 45.4 Å². The number of piperazine rings is 1. The van der Waals surface area contributed by atoms with Gasteiger partial charge in [0.2, 0.25) is 5.91 Å². The molecule has 2 aromatic rings. The molecule has 1 aliphatic heterocycles. The largest absolute Gasteiger partial charge is 0.368 e. The lowest BCUT2D eigenvalue weighted by atomic mass is 9.50. The number of amides is 1. The van der Waals surface area contributed by atoms with Gasteiger partial charge in [-0.1, -0.05) is 29.8 Å². The maximum absolute atomic E-state index is 13.6. The van der Waals surface area contributed by atoms with Crippen molar-refractivity contribution in [3.05, 3.63) is 51.9 Å². The molecule has 1 aromatic carbocycles. The van der Waals surface area contributed by atoms with Crippen molar-refractivity contribution in [2.75, 3.05) is 36.0 Å². The Morgan fingerprint density at radius 1 is 1.03 bits per heavy atom. The Bertz CT molecular complexity index is 1140. The van der Waals surface area contributed by atoms with E-state index in [1.165, 1.54) is 12.1 Å². The minimum atomic E-state index is -0.349. The topological polar surface area (TPSA) is 70.5 Å². The van der Waals surface area contributed by atoms with Crippen LogP contribution in [0.25, 0.3) is 0 Å². The van der Waals surface area contributed by atoms with Gasteiger partial charge in [0.25, 0.3) is 5.56 Å². The number of benzene rings is 1. The maximum atomic E-state index is 13.6. The SMILES string of the molecule is CC(=O)NC12CC3CC(C1)CC(n1ncc(N4CCN(c5ccccc5)CC4)c(Cl)c1=O)(C3)C2. The molecule has 1 N–H and O–H groups in total. The molecule has 7 rings (SSSR count). The number of carbonyl (C=O) groups is 1. The summed E-state index contributed by atoms with van der Waals surface area (Å²) in [4.78, 5) is 30.1. The molecule has 4 aliphatic carbocycles. The van der Waals surface area contributed by atoms with E-state index in [2.05, 4.69) is 39.4 Å². The van der Waals surface area contributed by atoms with E-state index in [9.17, 15) is 9.59 Å². The fourth-order valence-corrected chi connectivity index (χ4v) is 8.06. The minimum Gasteiger partial charge on any atom is -0.368 e. The molecule has 2 unspecified atom stereocenters. The first-order valence-corrected chi connectivity index (χ1v) is 12.9. The number of anilines is 2. The van der Waals surface area contributed by atoms with Crippen LogP contribution in [0.2, 0.25) is 5.02 Å². The number of nitrogens with zero attached hydrogens (tertiary/aromatic N) is 4. The Morgan fingerprint density at radius 3 is 2.32 bits per heavy atom. The fourth-order valence-electron chi connectivity index (χ4n) is 7.81. The predicted octanol–water partition coefficient (Wildman–Crippen LogP) is 3.41. The van der Waals surface area contributed by atoms with Gasteiger partial charge in [-0.2, -0.15) is 5.10 Å². The highest BCUT2D eigenvalue weighted by atomic mass is 35.5. The van der Waals surface area contributed by atoms with Crippen molar-refractivity contribution in [3.8, 4) is 0 Å². The van der Waals surface area contributed by atoms with Gasteiger partial charge in [-0.05, 0) is 62.5 Å². The van der Waals surface area contributed by atoms with Gasteiger partial charge in [0.1, 0.15) is 5.02 Å². The van der Waals surface area contributed by atoms with Crippen molar-refractivity contribution in [3.63, 3.8) is 0 Å². The molecular formula is C26H32ClN5O2. The molecule has 4 bridgehead atoms. The Balaban J connectivity index is 1.26. The summed E-state index contributed by atoms with van der Waals surface area (Å²) < 4.78 is 1.69. The lowest BCUT2D eigenvalue weighted by Crippen LogP contribution is -2.67. The van der Waals surface area contributed by atoms with Gasteiger partial charge >= 0.3 is 0 Å². The molecule has 7 nitrogen and oxygen atoms in total. The van der Waals surface area contributed by atoms with E-state index in [0.717, 1.165) is 64.0 Å². The quantitative estimate of drug-likeness (QED) is 0.724. The molecule has 2 atom stereocenters. The van der Waals surface area contributed by atoms with Crippen molar-refractivity contribution in [2.45, 2.75) is 56.5 Å². The predicted molar refractivity (Wildman–Crippen MR) is 134 cm³/mol. The number of hydrogen-bond donors (Lipinski definition) is 1. The van der Waals surface area contributed by atoms with Gasteiger partial charge in [-0.3, -0.25) is 9.59 Å². The molecule has 2 heterocycles. The Labute approximate surface area is 205 Å². The van der Waals surface area contributed by atoms with Crippen molar-refractivity contribution in [2.24, 2.45) is 11.8 Å². The van der Waals surface area contributed by atoms with Crippen LogP contribution in [0.5, 0.6) is 0 Å². The molecular weight excluding hydrogens is 450 g/mol. The van der Waals surface area contributed by atoms with Crippen LogP contribution >= 0.6 is 11.6 Å². The molecule has 180 valence electrons. The average Bonchev–Trinajstić information content (AvgIpc) is 2.80. The van der Waals surface area contributed by atoms with Crippen LogP contribution in [0.15, 0.2) is 41.3 Å². The highest BCUT2D eigenvalue weighted by Gasteiger charge is 2.59. The molecule has 1 aromatic heterocycles. The van der Waals surface area contributed by atoms with Crippen molar-refractivity contribution < 1.29 is 4.79 Å². The molecule has 0 radical (unpaired) electrons. The second-order valence-electron chi connectivity index (χ2n) is 11.0. The summed E-state index contributed by atoms with van der Waals surface area (Å²) in [6.45, 7) is 4.92. The molecule has 0 spiro atoms. The van der Waals surface area contributed by atoms with E-state index < -0.39 is 0 Å². The lowest BCUT2D eigenvalue weighted by Gasteiger charge is -2.61. The Morgan fingerprint density at radius 2 is 1.68 bits per heavy atom. The van der Waals surface area contributed by atoms with Crippen molar-refractivity contribution in [1.82, 2.24) is 15.1 Å². The minimum absolute atomic E-state index is 0.0143. The summed E-state index contributed by atoms with van der Waals surface area (Å²) >= 11 is 6.75. The first-order valence-electron chi connectivity index (χ1n) is 12.5. The van der Waals surface area contributed by atoms with E-state index in [1.54, 1.807) is 17.8 Å². The average molecular weight is 482 g/mol. The van der Waals surface area contributed by atoms with Crippen LogP contribution in [-0.4, -0.2) is 47.4 Å². The summed E-state index contributed by atoms with van der Waals surface area (Å²) in [6, 6.07) is 10.4. The number of carbonyl (C=O) groups excluding carboxylic acids is 1. The first kappa shape index (κ1) is 22.0. The number of nitrogens with one attached hydrogen (secondary N) is 1. The zero-order valence-corrected chi connectivity index (χ0v) is 20.4. The summed E-state index contributed by atoms with van der Waals surface area (Å²) in [7, 11) is 0. The van der Waals surface area contributed by atoms with Crippen molar-refractivity contribution in [1.29, 1.82) is 0 Å². The number of hydrogen-bond acceptors (Lipinski definition) is 5. The second kappa shape index (κ2) is 8.01. The second-order valence-corrected chi connectivity index (χ2v) is 11.4. The first-order chi connectivity index (χ1) is 16.4. The Kier molecular flexibility index (Phi) is 5.17. The molecule has 4 saturated carbocycles. The zero-order chi connectivity index (χ0) is 23.5. The highest BCUT2D eigenvalue weighted by Crippen LogP contribution is 2.60. The molecule has 1 saturated heterocycles. The van der Waals surface area contributed by atoms with E-state index in [4.69, 9.17) is 16.7 Å². The summed E-state index contributed by atoms with van der Waals surface area (Å²) in [5, 5.41) is 8.28. The number of para-hydroxylation sites is 1. The zero-order valence-electron chi connectivity index (χ0n) is 19.7. The smallest absolute Gasteiger partial charge is 0.288 e. The number of rotatable bonds is 4. The molecule has 5 aliphatic rings. The van der Waals surface area contributed by atoms with Gasteiger partial charge in [0.05, 0.1) is 17.4 Å². The molecule has 8 heteroatoms. The highest BCUT2D eigenvalue weighted by molar-refractivity contribution is 6.33. The number of aromatic nitrogens is 2. The van der Waals surface area contributed by atoms with Crippen LogP contribution < -0.4 is 20.7 Å². The van der Waals surface area contributed by atoms with Gasteiger partial charge in [-0.25, -0.2) is 4.68 Å². The normalized spacial score (nSPS) is 32.2. The van der Waals surface area contributed by atoms with E-state index in [-0.39, 0.29) is 27.6 Å². The Hall–Kier alpha value is -2.54. The summed E-state index contributed by atoms with van der Waals surface area (Å²) in [5.41, 5.74) is 1.20. The van der Waals surface area contributed by atoms with Gasteiger partial charge in [0, 0.05) is 44.3 Å². The van der Waals surface area contributed by atoms with Crippen LogP contribution in [0.3, 0.4) is 0 Å². The fraction of sp³-hybridized carbons (Fsp3) is 0.577. The van der Waals surface area contributed by atoms with Crippen LogP contribution in [-0.2, 0) is 10.3 Å². The standard InChI is InChI=1S/C26H32ClN5O2/c1-18(33)29-25-12-19-11-20(13-25)15-26(14-19,17-25)32-24(34)23(27)22(16-28-32)31-9-7-30(8-10-31)21-5-3-2-4-6-21/h2-6,16,19-20H,7-15,17H2,1H3,(H,29,33). The lowest BCUT2D eigenvalue weighted by molar-refractivity contribution is -0.128. The van der Waals surface area contributed by atoms with E-state index in [1.807, 2.05) is 6.07 Å². The van der Waals surface area contributed by atoms with Gasteiger partial charge in [-0.15, -0.1) is 0 Å². The molecule has 5 fully saturated rings. The summed E-state index contributed by atoms with van der Waals surface area (Å²) in [5.74, 6) is 1.05. The van der Waals surface area contributed by atoms with E-state index >= 15 is 0 Å². The third-order valence-electron chi connectivity index (χ3n) is 8.56. The monoisotopic (exact) mass is 481 g/mol. The van der Waals surface area contributed by atoms with Gasteiger partial charge < -0.3 is 15.1 Å². The molecule has 1 amide bonds. The van der Waals surface area contributed by atoms with Gasteiger partial charge in [0.15, 0.2) is 0 Å². The summed E-state index contributed by atoms with van der Waals surface area (Å²) in [6.07, 6.45) is 7.67. The van der Waals surface area contributed by atoms with Crippen LogP contribution in [0.4, 0.5) is 11.4 Å². The third-order valence-corrected chi connectivity index (χ3v) is 8.92. The van der Waals surface area contributed by atoms with Crippen molar-refractivity contribution >= 4 is 28.9 Å². The van der Waals surface area contributed by atoms with Crippen LogP contribution in [0, 0.1) is 11.8 Å². The third kappa shape index (κ3) is 3.60. The maximum Gasteiger partial charge on any atom is 0.288 e. The van der Waals surface area contributed by atoms with E-state index in [0.29, 0.717) is 11.8 Å². The molecule has 34 heavy (non-hydrogen) atoms.